The van der Waals surface area contributed by atoms with Crippen LogP contribution in [0.2, 0.25) is 0 Å². The van der Waals surface area contributed by atoms with Gasteiger partial charge in [0.15, 0.2) is 0 Å². The molecule has 3 nitrogen and oxygen atoms in total. The molecule has 0 spiro atoms. The third-order valence-corrected chi connectivity index (χ3v) is 4.71. The standard InChI is InChI=1S/C13H23N3S.2ClH/c1-11-13(17-10-15-11)6-9-16-8-3-2-4-12(16)5-7-14;;/h10,12H,2-9,14H2,1H3;2*1H. The van der Waals surface area contributed by atoms with E-state index in [9.17, 15) is 0 Å². The summed E-state index contributed by atoms with van der Waals surface area (Å²) >= 11 is 1.79. The Hall–Kier alpha value is 0.130. The Kier molecular flexibility index (Phi) is 10.0. The van der Waals surface area contributed by atoms with E-state index in [1.807, 2.05) is 5.51 Å². The fraction of sp³-hybridized carbons (Fsp3) is 0.769. The van der Waals surface area contributed by atoms with Crippen molar-refractivity contribution in [3.05, 3.63) is 16.1 Å². The molecule has 1 aliphatic rings. The van der Waals surface area contributed by atoms with Gasteiger partial charge in [0.25, 0.3) is 0 Å². The number of hydrogen-bond donors (Lipinski definition) is 1. The highest BCUT2D eigenvalue weighted by Crippen LogP contribution is 2.21. The molecule has 112 valence electrons. The smallest absolute Gasteiger partial charge is 0.0797 e. The number of thiazole rings is 1. The van der Waals surface area contributed by atoms with Crippen LogP contribution in [0.25, 0.3) is 0 Å². The SMILES string of the molecule is Cc1ncsc1CCN1CCCCC1CCN.Cl.Cl. The molecule has 2 rings (SSSR count). The summed E-state index contributed by atoms with van der Waals surface area (Å²) in [6.07, 6.45) is 6.36. The quantitative estimate of drug-likeness (QED) is 0.904. The van der Waals surface area contributed by atoms with E-state index in [1.165, 1.54) is 42.9 Å². The zero-order valence-electron chi connectivity index (χ0n) is 11.5. The predicted molar refractivity (Wildman–Crippen MR) is 87.9 cm³/mol. The van der Waals surface area contributed by atoms with Crippen LogP contribution in [0.1, 0.15) is 36.3 Å². The first-order chi connectivity index (χ1) is 8.31. The number of nitrogens with zero attached hydrogens (tertiary/aromatic N) is 2. The van der Waals surface area contributed by atoms with Crippen LogP contribution in [0.3, 0.4) is 0 Å². The minimum atomic E-state index is 0. The molecule has 0 saturated carbocycles. The number of piperidine rings is 1. The number of aryl methyl sites for hydroxylation is 1. The highest BCUT2D eigenvalue weighted by atomic mass is 35.5. The second-order valence-corrected chi connectivity index (χ2v) is 5.81. The Morgan fingerprint density at radius 1 is 1.42 bits per heavy atom. The lowest BCUT2D eigenvalue weighted by molar-refractivity contribution is 0.144. The first kappa shape index (κ1) is 19.1. The highest BCUT2D eigenvalue weighted by molar-refractivity contribution is 7.09. The predicted octanol–water partition coefficient (Wildman–Crippen LogP) is 3.04. The van der Waals surface area contributed by atoms with Crippen molar-refractivity contribution in [2.24, 2.45) is 5.73 Å². The summed E-state index contributed by atoms with van der Waals surface area (Å²) in [7, 11) is 0. The van der Waals surface area contributed by atoms with Crippen molar-refractivity contribution < 1.29 is 0 Å². The molecule has 1 aromatic heterocycles. The fourth-order valence-electron chi connectivity index (χ4n) is 2.68. The van der Waals surface area contributed by atoms with Crippen LogP contribution in [0.5, 0.6) is 0 Å². The molecule has 0 bridgehead atoms. The summed E-state index contributed by atoms with van der Waals surface area (Å²) in [6.45, 7) is 5.36. The molecule has 1 aromatic rings. The molecule has 0 amide bonds. The number of aromatic nitrogens is 1. The third kappa shape index (κ3) is 5.56. The highest BCUT2D eigenvalue weighted by Gasteiger charge is 2.21. The average molecular weight is 326 g/mol. The van der Waals surface area contributed by atoms with Crippen LogP contribution in [-0.2, 0) is 6.42 Å². The Morgan fingerprint density at radius 2 is 2.21 bits per heavy atom. The summed E-state index contributed by atoms with van der Waals surface area (Å²) < 4.78 is 0. The summed E-state index contributed by atoms with van der Waals surface area (Å²) in [5.41, 5.74) is 8.87. The molecular weight excluding hydrogens is 301 g/mol. The average Bonchev–Trinajstić information content (AvgIpc) is 2.74. The van der Waals surface area contributed by atoms with E-state index in [0.29, 0.717) is 0 Å². The monoisotopic (exact) mass is 325 g/mol. The Morgan fingerprint density at radius 3 is 2.84 bits per heavy atom. The first-order valence-electron chi connectivity index (χ1n) is 6.64. The lowest BCUT2D eigenvalue weighted by Gasteiger charge is -2.35. The van der Waals surface area contributed by atoms with Gasteiger partial charge in [-0.05, 0) is 45.7 Å². The van der Waals surface area contributed by atoms with Crippen molar-refractivity contribution in [3.8, 4) is 0 Å². The summed E-state index contributed by atoms with van der Waals surface area (Å²) in [5, 5.41) is 0. The lowest BCUT2D eigenvalue weighted by Crippen LogP contribution is -2.41. The van der Waals surface area contributed by atoms with Crippen molar-refractivity contribution in [2.75, 3.05) is 19.6 Å². The molecule has 19 heavy (non-hydrogen) atoms. The molecule has 0 radical (unpaired) electrons. The topological polar surface area (TPSA) is 42.2 Å². The molecule has 1 aliphatic heterocycles. The summed E-state index contributed by atoms with van der Waals surface area (Å²) in [6, 6.07) is 0.724. The van der Waals surface area contributed by atoms with Crippen molar-refractivity contribution in [3.63, 3.8) is 0 Å². The van der Waals surface area contributed by atoms with Crippen LogP contribution >= 0.6 is 36.2 Å². The molecule has 6 heteroatoms. The van der Waals surface area contributed by atoms with Crippen LogP contribution < -0.4 is 5.73 Å². The molecule has 2 N–H and O–H groups in total. The second kappa shape index (κ2) is 9.94. The van der Waals surface area contributed by atoms with E-state index in [2.05, 4.69) is 16.8 Å². The summed E-state index contributed by atoms with van der Waals surface area (Å²) in [4.78, 5) is 8.40. The van der Waals surface area contributed by atoms with Crippen molar-refractivity contribution >= 4 is 36.2 Å². The van der Waals surface area contributed by atoms with E-state index in [1.54, 1.807) is 11.3 Å². The van der Waals surface area contributed by atoms with Gasteiger partial charge in [-0.15, -0.1) is 36.2 Å². The van der Waals surface area contributed by atoms with Gasteiger partial charge < -0.3 is 5.73 Å². The van der Waals surface area contributed by atoms with Gasteiger partial charge in [0, 0.05) is 17.5 Å². The molecule has 0 aliphatic carbocycles. The third-order valence-electron chi connectivity index (χ3n) is 3.72. The van der Waals surface area contributed by atoms with Crippen molar-refractivity contribution in [1.29, 1.82) is 0 Å². The van der Waals surface area contributed by atoms with E-state index in [0.717, 1.165) is 25.4 Å². The number of nitrogens with two attached hydrogens (primary N) is 1. The van der Waals surface area contributed by atoms with Crippen molar-refractivity contribution in [2.45, 2.75) is 45.1 Å². The maximum Gasteiger partial charge on any atom is 0.0797 e. The van der Waals surface area contributed by atoms with Crippen LogP contribution in [0.15, 0.2) is 5.51 Å². The minimum absolute atomic E-state index is 0. The largest absolute Gasteiger partial charge is 0.330 e. The van der Waals surface area contributed by atoms with Gasteiger partial charge in [-0.3, -0.25) is 4.90 Å². The Labute approximate surface area is 132 Å². The maximum absolute atomic E-state index is 5.70. The zero-order chi connectivity index (χ0) is 12.1. The number of hydrogen-bond acceptors (Lipinski definition) is 4. The summed E-state index contributed by atoms with van der Waals surface area (Å²) in [5.74, 6) is 0. The van der Waals surface area contributed by atoms with E-state index in [-0.39, 0.29) is 24.8 Å². The first-order valence-corrected chi connectivity index (χ1v) is 7.52. The van der Waals surface area contributed by atoms with Gasteiger partial charge in [0.2, 0.25) is 0 Å². The van der Waals surface area contributed by atoms with Gasteiger partial charge in [0.1, 0.15) is 0 Å². The van der Waals surface area contributed by atoms with Crippen LogP contribution in [0.4, 0.5) is 0 Å². The maximum atomic E-state index is 5.70. The fourth-order valence-corrected chi connectivity index (χ4v) is 3.46. The van der Waals surface area contributed by atoms with Gasteiger partial charge in [0.05, 0.1) is 11.2 Å². The van der Waals surface area contributed by atoms with Crippen LogP contribution in [-0.4, -0.2) is 35.6 Å². The minimum Gasteiger partial charge on any atom is -0.330 e. The number of halogens is 2. The molecular formula is C13H25Cl2N3S. The normalized spacial score (nSPS) is 19.6. The van der Waals surface area contributed by atoms with Gasteiger partial charge >= 0.3 is 0 Å². The van der Waals surface area contributed by atoms with Gasteiger partial charge in [-0.2, -0.15) is 0 Å². The molecule has 1 atom stereocenters. The molecule has 0 aromatic carbocycles. The van der Waals surface area contributed by atoms with E-state index in [4.69, 9.17) is 5.73 Å². The Bertz CT molecular complexity index is 344. The number of rotatable bonds is 5. The van der Waals surface area contributed by atoms with Crippen molar-refractivity contribution in [1.82, 2.24) is 9.88 Å². The van der Waals surface area contributed by atoms with Gasteiger partial charge in [-0.25, -0.2) is 4.98 Å². The lowest BCUT2D eigenvalue weighted by atomic mass is 9.99. The van der Waals surface area contributed by atoms with Crippen LogP contribution in [0, 0.1) is 6.92 Å². The van der Waals surface area contributed by atoms with E-state index >= 15 is 0 Å². The van der Waals surface area contributed by atoms with E-state index < -0.39 is 0 Å². The van der Waals surface area contributed by atoms with Gasteiger partial charge in [-0.1, -0.05) is 6.42 Å². The molecule has 1 saturated heterocycles. The molecule has 1 fully saturated rings. The number of likely N-dealkylation sites (tertiary alicyclic amines) is 1. The molecule has 2 heterocycles. The molecule has 1 unspecified atom stereocenters. The Balaban J connectivity index is 0.00000162. The zero-order valence-corrected chi connectivity index (χ0v) is 14.0. The second-order valence-electron chi connectivity index (χ2n) is 4.87.